The highest BCUT2D eigenvalue weighted by Crippen LogP contribution is 2.44. The Kier molecular flexibility index (Phi) is 10.0. The number of halogens is 2. The highest BCUT2D eigenvalue weighted by molar-refractivity contribution is 9.10. The van der Waals surface area contributed by atoms with Gasteiger partial charge in [0.05, 0.1) is 18.8 Å². The lowest BCUT2D eigenvalue weighted by molar-refractivity contribution is -0.0673. The van der Waals surface area contributed by atoms with Crippen LogP contribution in [0, 0.1) is 0 Å². The van der Waals surface area contributed by atoms with Gasteiger partial charge in [0.15, 0.2) is 0 Å². The summed E-state index contributed by atoms with van der Waals surface area (Å²) < 4.78 is 8.56. The summed E-state index contributed by atoms with van der Waals surface area (Å²) in [5, 5.41) is 13.5. The number of aliphatic hydroxyl groups excluding tert-OH is 1. The lowest BCUT2D eigenvalue weighted by atomic mass is 9.77. The fourth-order valence-corrected chi connectivity index (χ4v) is 8.20. The minimum atomic E-state index is -0.223. The van der Waals surface area contributed by atoms with Gasteiger partial charge in [0.25, 0.3) is 0 Å². The lowest BCUT2D eigenvalue weighted by Crippen LogP contribution is -2.54. The molecule has 0 bridgehead atoms. The van der Waals surface area contributed by atoms with Gasteiger partial charge < -0.3 is 15.2 Å². The van der Waals surface area contributed by atoms with Crippen LogP contribution in [0.3, 0.4) is 0 Å². The van der Waals surface area contributed by atoms with E-state index in [0.29, 0.717) is 0 Å². The van der Waals surface area contributed by atoms with Gasteiger partial charge in [-0.05, 0) is 110 Å². The van der Waals surface area contributed by atoms with Crippen molar-refractivity contribution in [1.29, 1.82) is 0 Å². The van der Waals surface area contributed by atoms with Crippen LogP contribution in [-0.4, -0.2) is 40.0 Å². The summed E-state index contributed by atoms with van der Waals surface area (Å²) in [6.45, 7) is 7.15. The van der Waals surface area contributed by atoms with Crippen molar-refractivity contribution < 1.29 is 9.84 Å². The maximum Gasteiger partial charge on any atom is 0.116 e. The van der Waals surface area contributed by atoms with Crippen LogP contribution < -0.4 is 5.32 Å². The van der Waals surface area contributed by atoms with Gasteiger partial charge in [-0.2, -0.15) is 0 Å². The summed E-state index contributed by atoms with van der Waals surface area (Å²) in [6.07, 6.45) is 6.24. The number of ether oxygens (including phenoxy) is 1. The van der Waals surface area contributed by atoms with Crippen molar-refractivity contribution in [3.05, 3.63) is 139 Å². The van der Waals surface area contributed by atoms with Crippen LogP contribution in [0.5, 0.6) is 0 Å². The van der Waals surface area contributed by atoms with Crippen molar-refractivity contribution in [2.75, 3.05) is 13.2 Å². The fraction of sp³-hybridized carbons (Fsp3) is 0.385. The van der Waals surface area contributed by atoms with Crippen LogP contribution in [0.2, 0.25) is 0 Å². The molecule has 2 N–H and O–H groups in total. The van der Waals surface area contributed by atoms with Gasteiger partial charge in [0, 0.05) is 27.6 Å². The first-order valence-electron chi connectivity index (χ1n) is 16.1. The van der Waals surface area contributed by atoms with E-state index in [1.165, 1.54) is 37.9 Å². The monoisotopic (exact) mass is 730 g/mol. The summed E-state index contributed by atoms with van der Waals surface area (Å²) in [7, 11) is 0. The Morgan fingerprint density at radius 1 is 0.733 bits per heavy atom. The predicted octanol–water partition coefficient (Wildman–Crippen LogP) is 8.40. The van der Waals surface area contributed by atoms with Crippen molar-refractivity contribution in [3.63, 3.8) is 0 Å². The number of fused-ring (bicyclic) bond motifs is 2. The largest absolute Gasteiger partial charge is 0.394 e. The molecule has 1 spiro atoms. The summed E-state index contributed by atoms with van der Waals surface area (Å²) in [4.78, 5) is 2.60. The van der Waals surface area contributed by atoms with E-state index in [2.05, 4.69) is 147 Å². The van der Waals surface area contributed by atoms with Crippen molar-refractivity contribution >= 4 is 31.9 Å². The van der Waals surface area contributed by atoms with Gasteiger partial charge in [-0.25, -0.2) is 0 Å². The summed E-state index contributed by atoms with van der Waals surface area (Å²) in [5.41, 5.74) is 7.99. The molecule has 7 rings (SSSR count). The number of hydrogen-bond donors (Lipinski definition) is 2. The molecular weight excluding hydrogens is 688 g/mol. The van der Waals surface area contributed by atoms with E-state index in [4.69, 9.17) is 4.74 Å². The van der Waals surface area contributed by atoms with E-state index < -0.39 is 0 Å². The van der Waals surface area contributed by atoms with E-state index in [9.17, 15) is 5.11 Å². The van der Waals surface area contributed by atoms with Crippen molar-refractivity contribution in [2.24, 2.45) is 0 Å². The number of hydrogen-bond acceptors (Lipinski definition) is 4. The molecule has 45 heavy (non-hydrogen) atoms. The second-order valence-corrected chi connectivity index (χ2v) is 15.3. The Morgan fingerprint density at radius 3 is 1.93 bits per heavy atom. The average molecular weight is 733 g/mol. The van der Waals surface area contributed by atoms with E-state index in [1.807, 2.05) is 6.07 Å². The minimum Gasteiger partial charge on any atom is -0.394 e. The molecule has 4 aromatic carbocycles. The third kappa shape index (κ3) is 7.48. The molecular formula is C39H44Br2N2O2. The van der Waals surface area contributed by atoms with E-state index in [-0.39, 0.29) is 23.4 Å². The zero-order chi connectivity index (χ0) is 31.5. The van der Waals surface area contributed by atoms with Gasteiger partial charge in [-0.15, -0.1) is 0 Å². The predicted molar refractivity (Wildman–Crippen MR) is 190 cm³/mol. The molecule has 1 aliphatic heterocycles. The molecule has 6 heteroatoms. The standard InChI is InChI=1S/C21H24BrNO.C18H20BrNO/c1-20(2)23(14-16-6-4-3-5-7-16)21(15-24-20)11-10-17-8-9-19(22)12-18(17)13-21;19-17-7-6-15-8-9-18(13-21,11-16(15)10-17)20-12-14-4-2-1-3-5-14/h3-9,12H,10-11,13-15H2,1-2H3;1-7,10,20-21H,8-9,11-13H2. The highest BCUT2D eigenvalue weighted by Gasteiger charge is 2.52. The van der Waals surface area contributed by atoms with Crippen LogP contribution in [0.4, 0.5) is 0 Å². The molecule has 1 heterocycles. The zero-order valence-corrected chi connectivity index (χ0v) is 29.5. The van der Waals surface area contributed by atoms with Gasteiger partial charge in [0.1, 0.15) is 5.72 Å². The number of nitrogens with zero attached hydrogens (tertiary/aromatic N) is 1. The quantitative estimate of drug-likeness (QED) is 0.209. The Labute approximate surface area is 285 Å². The van der Waals surface area contributed by atoms with Crippen molar-refractivity contribution in [3.8, 4) is 0 Å². The number of aryl methyl sites for hydroxylation is 2. The second-order valence-electron chi connectivity index (χ2n) is 13.5. The Hall–Kier alpha value is -2.32. The molecule has 4 aromatic rings. The minimum absolute atomic E-state index is 0.104. The van der Waals surface area contributed by atoms with E-state index in [1.54, 1.807) is 0 Å². The van der Waals surface area contributed by atoms with Crippen LogP contribution in [0.1, 0.15) is 60.1 Å². The third-order valence-corrected chi connectivity index (χ3v) is 11.0. The SMILES string of the molecule is CC1(C)OCC2(CCc3ccc(Br)cc3C2)N1Cc1ccccc1.OCC1(NCc2ccccc2)CCc2ccc(Br)cc2C1. The van der Waals surface area contributed by atoms with E-state index >= 15 is 0 Å². The van der Waals surface area contributed by atoms with E-state index in [0.717, 1.165) is 62.7 Å². The molecule has 0 aromatic heterocycles. The first-order chi connectivity index (χ1) is 21.7. The molecule has 3 aliphatic rings. The molecule has 1 fully saturated rings. The first-order valence-corrected chi connectivity index (χ1v) is 17.7. The smallest absolute Gasteiger partial charge is 0.116 e. The molecule has 0 saturated carbocycles. The molecule has 4 nitrogen and oxygen atoms in total. The van der Waals surface area contributed by atoms with Gasteiger partial charge in [-0.1, -0.05) is 105 Å². The number of nitrogens with one attached hydrogen (secondary N) is 1. The maximum atomic E-state index is 9.94. The molecule has 0 amide bonds. The molecule has 1 saturated heterocycles. The molecule has 2 unspecified atom stereocenters. The van der Waals surface area contributed by atoms with Gasteiger partial charge in [0.2, 0.25) is 0 Å². The number of benzene rings is 4. The van der Waals surface area contributed by atoms with Gasteiger partial charge >= 0.3 is 0 Å². The van der Waals surface area contributed by atoms with Crippen molar-refractivity contribution in [1.82, 2.24) is 10.2 Å². The summed E-state index contributed by atoms with van der Waals surface area (Å²) in [6, 6.07) is 34.3. The van der Waals surface area contributed by atoms with Gasteiger partial charge in [-0.3, -0.25) is 4.90 Å². The first kappa shape index (κ1) is 32.6. The van der Waals surface area contributed by atoms with Crippen LogP contribution in [0.15, 0.2) is 106 Å². The summed E-state index contributed by atoms with van der Waals surface area (Å²) in [5.74, 6) is 0. The Bertz CT molecular complexity index is 1600. The number of rotatable bonds is 6. The van der Waals surface area contributed by atoms with Crippen LogP contribution >= 0.6 is 31.9 Å². The van der Waals surface area contributed by atoms with Crippen LogP contribution in [0.25, 0.3) is 0 Å². The lowest BCUT2D eigenvalue weighted by Gasteiger charge is -2.45. The third-order valence-electron chi connectivity index (χ3n) is 10.0. The Balaban J connectivity index is 0.000000160. The highest BCUT2D eigenvalue weighted by atomic mass is 79.9. The normalized spacial score (nSPS) is 23.6. The maximum absolute atomic E-state index is 9.94. The second kappa shape index (κ2) is 13.8. The summed E-state index contributed by atoms with van der Waals surface area (Å²) >= 11 is 7.18. The number of aliphatic hydroxyl groups is 1. The molecule has 2 atom stereocenters. The van der Waals surface area contributed by atoms with Crippen LogP contribution in [-0.2, 0) is 43.5 Å². The Morgan fingerprint density at radius 2 is 1.31 bits per heavy atom. The topological polar surface area (TPSA) is 44.7 Å². The van der Waals surface area contributed by atoms with Crippen molar-refractivity contribution in [2.45, 2.75) is 82.3 Å². The molecule has 236 valence electrons. The fourth-order valence-electron chi connectivity index (χ4n) is 7.39. The molecule has 0 radical (unpaired) electrons. The average Bonchev–Trinajstić information content (AvgIpc) is 3.29. The molecule has 2 aliphatic carbocycles. The zero-order valence-electron chi connectivity index (χ0n) is 26.4.